The normalized spacial score (nSPS) is 10.4. The molecule has 4 N–H and O–H groups in total. The summed E-state index contributed by atoms with van der Waals surface area (Å²) < 4.78 is 2.30. The van der Waals surface area contributed by atoms with Crippen molar-refractivity contribution in [1.29, 1.82) is 10.7 Å². The number of amides is 1. The zero-order valence-electron chi connectivity index (χ0n) is 20.7. The third-order valence-electron chi connectivity index (χ3n) is 6.89. The monoisotopic (exact) mass is 466 g/mol. The largest absolute Gasteiger partial charge is 0.507 e. The van der Waals surface area contributed by atoms with Crippen molar-refractivity contribution >= 4 is 23.0 Å². The van der Waals surface area contributed by atoms with E-state index in [0.717, 1.165) is 17.5 Å². The molecule has 0 atom stereocenters. The average Bonchev–Trinajstić information content (AvgIpc) is 3.27. The van der Waals surface area contributed by atoms with Crippen LogP contribution >= 0.6 is 0 Å². The molecule has 0 spiro atoms. The molecule has 0 aliphatic rings. The zero-order valence-corrected chi connectivity index (χ0v) is 20.7. The molecule has 3 aromatic carbocycles. The molecular formula is C29H30N4O2. The number of carbonyl (C=O) groups excluding carboxylic acids is 1. The molecule has 35 heavy (non-hydrogen) atoms. The fraction of sp³-hybridized carbons (Fsp3) is 0.207. The molecule has 0 aliphatic carbocycles. The Labute approximate surface area is 205 Å². The highest BCUT2D eigenvalue weighted by Gasteiger charge is 2.14. The summed E-state index contributed by atoms with van der Waals surface area (Å²) in [4.78, 5) is 10.6. The van der Waals surface area contributed by atoms with E-state index >= 15 is 0 Å². The summed E-state index contributed by atoms with van der Waals surface area (Å²) in [6.45, 7) is 12.0. The summed E-state index contributed by atoms with van der Waals surface area (Å²) in [5.74, 6) is -0.769. The number of phenolic OH excluding ortho intramolecular Hbond substituents is 1. The van der Waals surface area contributed by atoms with E-state index in [1.165, 1.54) is 63.3 Å². The van der Waals surface area contributed by atoms with Crippen LogP contribution in [-0.2, 0) is 6.54 Å². The highest BCUT2D eigenvalue weighted by Crippen LogP contribution is 2.28. The average molecular weight is 467 g/mol. The summed E-state index contributed by atoms with van der Waals surface area (Å²) in [5, 5.41) is 26.2. The van der Waals surface area contributed by atoms with E-state index in [0.29, 0.717) is 0 Å². The van der Waals surface area contributed by atoms with Crippen molar-refractivity contribution in [3.63, 3.8) is 0 Å². The number of benzene rings is 3. The maximum absolute atomic E-state index is 10.6. The van der Waals surface area contributed by atoms with Crippen molar-refractivity contribution in [3.05, 3.63) is 98.7 Å². The zero-order chi connectivity index (χ0) is 25.9. The first-order valence-electron chi connectivity index (χ1n) is 11.3. The minimum absolute atomic E-state index is 0.0475. The number of aromatic nitrogens is 1. The predicted molar refractivity (Wildman–Crippen MR) is 140 cm³/mol. The number of rotatable bonds is 4. The van der Waals surface area contributed by atoms with Gasteiger partial charge >= 0.3 is 0 Å². The molecule has 0 aliphatic heterocycles. The van der Waals surface area contributed by atoms with Gasteiger partial charge in [0.05, 0.1) is 5.56 Å². The quantitative estimate of drug-likeness (QED) is 0.340. The Hall–Kier alpha value is -4.37. The number of aromatic hydroxyl groups is 1. The summed E-state index contributed by atoms with van der Waals surface area (Å²) in [6, 6.07) is 13.9. The van der Waals surface area contributed by atoms with E-state index < -0.39 is 5.91 Å². The smallest absolute Gasteiger partial charge is 0.248 e. The first-order valence-corrected chi connectivity index (χ1v) is 11.3. The summed E-state index contributed by atoms with van der Waals surface area (Å²) in [5.41, 5.74) is 15.8. The second-order valence-corrected chi connectivity index (χ2v) is 8.68. The summed E-state index contributed by atoms with van der Waals surface area (Å²) in [6.07, 6.45) is 3.57. The van der Waals surface area contributed by atoms with Gasteiger partial charge in [0.15, 0.2) is 0 Å². The molecule has 0 bridgehead atoms. The molecule has 1 aromatic heterocycles. The lowest BCUT2D eigenvalue weighted by Gasteiger charge is -2.19. The number of phenols is 1. The highest BCUT2D eigenvalue weighted by atomic mass is 16.3. The molecular weight excluding hydrogens is 436 g/mol. The number of nitriles is 1. The maximum Gasteiger partial charge on any atom is 0.248 e. The van der Waals surface area contributed by atoms with Gasteiger partial charge in [-0.05, 0) is 98.3 Å². The third kappa shape index (κ3) is 4.95. The Balaban J connectivity index is 0.000000241. The first-order chi connectivity index (χ1) is 16.6. The fourth-order valence-electron chi connectivity index (χ4n) is 4.28. The van der Waals surface area contributed by atoms with Gasteiger partial charge in [0.2, 0.25) is 5.91 Å². The standard InChI is InChI=1S/C21H24N2.C8H6N2O2/c1-13-14(2)16(4)20(17(5)15(13)3)12-23-10-9-19-18(11-22)7-6-8-21(19)23;9-4-6-3-5(8(10)12)1-2-7(6)11/h6-11,22H,12H2,1-5H3;1-3,11H,(H2,10,12). The number of nitrogens with two attached hydrogens (primary N) is 1. The predicted octanol–water partition coefficient (Wildman–Crippen LogP) is 5.59. The van der Waals surface area contributed by atoms with Gasteiger partial charge < -0.3 is 20.8 Å². The van der Waals surface area contributed by atoms with Crippen molar-refractivity contribution in [2.75, 3.05) is 0 Å². The van der Waals surface area contributed by atoms with Gasteiger partial charge in [-0.3, -0.25) is 4.79 Å². The highest BCUT2D eigenvalue weighted by molar-refractivity contribution is 5.98. The van der Waals surface area contributed by atoms with Crippen LogP contribution in [0.2, 0.25) is 0 Å². The van der Waals surface area contributed by atoms with E-state index in [9.17, 15) is 4.79 Å². The molecule has 1 amide bonds. The van der Waals surface area contributed by atoms with Crippen LogP contribution in [0.4, 0.5) is 0 Å². The Morgan fingerprint density at radius 3 is 2.23 bits per heavy atom. The lowest BCUT2D eigenvalue weighted by molar-refractivity contribution is 0.1000. The number of hydrogen-bond donors (Lipinski definition) is 3. The fourth-order valence-corrected chi connectivity index (χ4v) is 4.28. The number of hydrogen-bond acceptors (Lipinski definition) is 4. The van der Waals surface area contributed by atoms with Gasteiger partial charge in [0.1, 0.15) is 11.8 Å². The van der Waals surface area contributed by atoms with E-state index in [4.69, 9.17) is 21.5 Å². The van der Waals surface area contributed by atoms with E-state index in [2.05, 4.69) is 57.5 Å². The third-order valence-corrected chi connectivity index (χ3v) is 6.89. The van der Waals surface area contributed by atoms with Crippen LogP contribution in [0.3, 0.4) is 0 Å². The van der Waals surface area contributed by atoms with Crippen molar-refractivity contribution < 1.29 is 9.90 Å². The van der Waals surface area contributed by atoms with E-state index in [-0.39, 0.29) is 16.9 Å². The second kappa shape index (κ2) is 10.3. The van der Waals surface area contributed by atoms with Gasteiger partial charge in [-0.2, -0.15) is 5.26 Å². The molecule has 178 valence electrons. The van der Waals surface area contributed by atoms with Crippen LogP contribution in [0.1, 0.15) is 54.9 Å². The minimum atomic E-state index is -0.619. The number of fused-ring (bicyclic) bond motifs is 1. The lowest BCUT2D eigenvalue weighted by atomic mass is 9.89. The second-order valence-electron chi connectivity index (χ2n) is 8.68. The molecule has 0 fully saturated rings. The van der Waals surface area contributed by atoms with Crippen molar-refractivity contribution in [1.82, 2.24) is 4.57 Å². The Morgan fingerprint density at radius 1 is 1.03 bits per heavy atom. The van der Waals surface area contributed by atoms with Gasteiger partial charge in [0, 0.05) is 41.0 Å². The Kier molecular flexibility index (Phi) is 7.41. The van der Waals surface area contributed by atoms with Crippen LogP contribution in [-0.4, -0.2) is 21.8 Å². The van der Waals surface area contributed by atoms with Crippen LogP contribution in [0.25, 0.3) is 10.9 Å². The molecule has 4 aromatic rings. The van der Waals surface area contributed by atoms with Crippen LogP contribution in [0.5, 0.6) is 5.75 Å². The molecule has 6 heteroatoms. The number of nitrogens with zero attached hydrogens (tertiary/aromatic N) is 2. The van der Waals surface area contributed by atoms with Crippen LogP contribution < -0.4 is 5.73 Å². The molecule has 0 saturated carbocycles. The molecule has 0 radical (unpaired) electrons. The topological polar surface area (TPSA) is 116 Å². The molecule has 0 unspecified atom stereocenters. The van der Waals surface area contributed by atoms with Crippen LogP contribution in [0, 0.1) is 51.4 Å². The van der Waals surface area contributed by atoms with Crippen molar-refractivity contribution in [2.24, 2.45) is 5.73 Å². The van der Waals surface area contributed by atoms with Crippen LogP contribution in [0.15, 0.2) is 48.7 Å². The van der Waals surface area contributed by atoms with Gasteiger partial charge in [-0.25, -0.2) is 0 Å². The minimum Gasteiger partial charge on any atom is -0.507 e. The molecule has 6 nitrogen and oxygen atoms in total. The van der Waals surface area contributed by atoms with Crippen molar-refractivity contribution in [3.8, 4) is 11.8 Å². The SMILES string of the molecule is Cc1c(C)c(C)c(Cn2ccc3c(C=N)cccc32)c(C)c1C.N#Cc1cc(C(N)=O)ccc1O. The maximum atomic E-state index is 10.6. The van der Waals surface area contributed by atoms with Gasteiger partial charge in [0.25, 0.3) is 0 Å². The summed E-state index contributed by atoms with van der Waals surface area (Å²) >= 11 is 0. The van der Waals surface area contributed by atoms with Gasteiger partial charge in [-0.1, -0.05) is 12.1 Å². The Morgan fingerprint density at radius 2 is 1.66 bits per heavy atom. The van der Waals surface area contributed by atoms with E-state index in [1.807, 2.05) is 12.1 Å². The van der Waals surface area contributed by atoms with Gasteiger partial charge in [-0.15, -0.1) is 0 Å². The number of carbonyl (C=O) groups is 1. The van der Waals surface area contributed by atoms with E-state index in [1.54, 1.807) is 6.07 Å². The first kappa shape index (κ1) is 25.3. The Bertz CT molecular complexity index is 1460. The molecule has 0 saturated heterocycles. The summed E-state index contributed by atoms with van der Waals surface area (Å²) in [7, 11) is 0. The number of nitrogens with one attached hydrogen (secondary N) is 1. The molecule has 1 heterocycles. The molecule has 4 rings (SSSR count). The van der Waals surface area contributed by atoms with Crippen molar-refractivity contribution in [2.45, 2.75) is 41.2 Å². The number of primary amides is 1. The lowest BCUT2D eigenvalue weighted by Crippen LogP contribution is -2.10.